The zero-order valence-corrected chi connectivity index (χ0v) is 25.7. The van der Waals surface area contributed by atoms with Crippen LogP contribution in [0, 0.1) is 23.2 Å². The molecule has 2 atom stereocenters. The highest BCUT2D eigenvalue weighted by molar-refractivity contribution is 7.69. The van der Waals surface area contributed by atoms with E-state index in [-0.39, 0.29) is 5.16 Å². The minimum Gasteiger partial charge on any atom is -0.496 e. The largest absolute Gasteiger partial charge is 0.496 e. The first kappa shape index (κ1) is 26.4. The molecule has 0 aromatic heterocycles. The van der Waals surface area contributed by atoms with Crippen molar-refractivity contribution in [2.75, 3.05) is 19.1 Å². The maximum absolute atomic E-state index is 5.97. The maximum Gasteiger partial charge on any atom is 0.130 e. The van der Waals surface area contributed by atoms with Crippen LogP contribution in [0.5, 0.6) is 11.5 Å². The fourth-order valence-electron chi connectivity index (χ4n) is 9.51. The van der Waals surface area contributed by atoms with Crippen LogP contribution >= 0.6 is 7.92 Å². The molecule has 210 valence electrons. The fraction of sp³-hybridized carbons (Fsp3) is 0.500. The minimum absolute atomic E-state index is 0.145. The summed E-state index contributed by atoms with van der Waals surface area (Å²) in [6.07, 6.45) is 10.2. The van der Waals surface area contributed by atoms with Crippen molar-refractivity contribution in [1.82, 2.24) is 0 Å². The fourth-order valence-corrected chi connectivity index (χ4v) is 13.3. The van der Waals surface area contributed by atoms with Crippen LogP contribution in [0.25, 0.3) is 11.1 Å². The van der Waals surface area contributed by atoms with Gasteiger partial charge in [0.25, 0.3) is 0 Å². The van der Waals surface area contributed by atoms with Crippen molar-refractivity contribution in [1.29, 1.82) is 0 Å². The molecule has 0 spiro atoms. The normalized spacial score (nSPS) is 30.4. The number of para-hydroxylation sites is 1. The van der Waals surface area contributed by atoms with E-state index in [4.69, 9.17) is 9.47 Å². The molecule has 4 aliphatic carbocycles. The number of benzene rings is 3. The third-order valence-electron chi connectivity index (χ3n) is 10.3. The molecule has 3 aromatic carbocycles. The Bertz CT molecular complexity index is 1340. The molecule has 40 heavy (non-hydrogen) atoms. The van der Waals surface area contributed by atoms with Gasteiger partial charge in [-0.15, -0.1) is 0 Å². The highest BCUT2D eigenvalue weighted by Gasteiger charge is 2.55. The molecule has 0 unspecified atom stereocenters. The summed E-state index contributed by atoms with van der Waals surface area (Å²) in [4.78, 5) is 2.76. The Morgan fingerprint density at radius 1 is 0.775 bits per heavy atom. The van der Waals surface area contributed by atoms with E-state index in [9.17, 15) is 0 Å². The second kappa shape index (κ2) is 9.80. The van der Waals surface area contributed by atoms with Crippen LogP contribution in [-0.2, 0) is 0 Å². The topological polar surface area (TPSA) is 21.7 Å². The number of ether oxygens (including phenoxy) is 2. The van der Waals surface area contributed by atoms with Crippen molar-refractivity contribution in [2.45, 2.75) is 76.7 Å². The van der Waals surface area contributed by atoms with Crippen LogP contribution in [-0.4, -0.2) is 25.2 Å². The number of hydrogen-bond donors (Lipinski definition) is 0. The van der Waals surface area contributed by atoms with Gasteiger partial charge < -0.3 is 14.4 Å². The highest BCUT2D eigenvalue weighted by atomic mass is 31.1. The van der Waals surface area contributed by atoms with Gasteiger partial charge in [-0.2, -0.15) is 0 Å². The summed E-state index contributed by atoms with van der Waals surface area (Å²) in [7, 11) is 3.01. The molecule has 0 amide bonds. The number of methoxy groups -OCH3 is 2. The Morgan fingerprint density at radius 2 is 1.35 bits per heavy atom. The number of hydrogen-bond acceptors (Lipinski definition) is 3. The van der Waals surface area contributed by atoms with Gasteiger partial charge in [-0.3, -0.25) is 0 Å². The van der Waals surface area contributed by atoms with Crippen LogP contribution in [0.4, 0.5) is 11.4 Å². The van der Waals surface area contributed by atoms with Crippen LogP contribution in [0.15, 0.2) is 66.7 Å². The summed E-state index contributed by atoms with van der Waals surface area (Å²) in [5.74, 6) is 5.14. The van der Waals surface area contributed by atoms with E-state index in [1.807, 2.05) is 6.07 Å². The van der Waals surface area contributed by atoms with Crippen molar-refractivity contribution in [3.05, 3.63) is 66.7 Å². The summed E-state index contributed by atoms with van der Waals surface area (Å²) in [6, 6.07) is 24.4. The Balaban J connectivity index is 1.43. The lowest BCUT2D eigenvalue weighted by molar-refractivity contribution is -0.0571. The predicted octanol–water partition coefficient (Wildman–Crippen LogP) is 9.36. The van der Waals surface area contributed by atoms with E-state index in [2.05, 4.69) is 86.3 Å². The summed E-state index contributed by atoms with van der Waals surface area (Å²) < 4.78 is 11.9. The summed E-state index contributed by atoms with van der Waals surface area (Å²) in [5.41, 5.74) is 5.58. The monoisotopic (exact) mass is 553 g/mol. The zero-order valence-electron chi connectivity index (χ0n) is 24.8. The quantitative estimate of drug-likeness (QED) is 0.284. The summed E-state index contributed by atoms with van der Waals surface area (Å²) >= 11 is 0. The van der Waals surface area contributed by atoms with Crippen molar-refractivity contribution in [2.24, 2.45) is 23.2 Å². The predicted molar refractivity (Wildman–Crippen MR) is 169 cm³/mol. The number of fused-ring (bicyclic) bond motifs is 1. The lowest BCUT2D eigenvalue weighted by atomic mass is 9.49. The lowest BCUT2D eigenvalue weighted by Gasteiger charge is -2.58. The molecule has 8 rings (SSSR count). The molecule has 0 radical (unpaired) electrons. The maximum atomic E-state index is 5.97. The summed E-state index contributed by atoms with van der Waals surface area (Å²) in [5, 5.41) is 1.66. The second-order valence-electron chi connectivity index (χ2n) is 14.1. The Morgan fingerprint density at radius 3 is 1.90 bits per heavy atom. The van der Waals surface area contributed by atoms with E-state index < -0.39 is 7.92 Å². The van der Waals surface area contributed by atoms with E-state index in [1.54, 1.807) is 14.2 Å². The van der Waals surface area contributed by atoms with E-state index in [0.29, 0.717) is 11.2 Å². The molecule has 4 bridgehead atoms. The minimum atomic E-state index is -0.545. The SMILES string of the molecule is COc1cccc(OC)c1-c1cccc2c1[P@](C(C)(C)C)[C@@H](CC13CC4CC(CC(C4)C1)C3)N2c1ccccc1. The van der Waals surface area contributed by atoms with Crippen LogP contribution in [0.2, 0.25) is 0 Å². The molecule has 0 N–H and O–H groups in total. The van der Waals surface area contributed by atoms with E-state index in [0.717, 1.165) is 34.8 Å². The van der Waals surface area contributed by atoms with Gasteiger partial charge in [-0.05, 0) is 117 Å². The Kier molecular flexibility index (Phi) is 6.46. The third kappa shape index (κ3) is 4.27. The number of anilines is 2. The first-order valence-corrected chi connectivity index (χ1v) is 16.7. The van der Waals surface area contributed by atoms with Gasteiger partial charge >= 0.3 is 0 Å². The van der Waals surface area contributed by atoms with E-state index >= 15 is 0 Å². The van der Waals surface area contributed by atoms with E-state index in [1.165, 1.54) is 67.2 Å². The molecule has 3 nitrogen and oxygen atoms in total. The van der Waals surface area contributed by atoms with Crippen molar-refractivity contribution < 1.29 is 9.47 Å². The standard InChI is InChI=1S/C36H44NO2P/c1-35(2,3)40-32(23-36-20-24-17-25(21-36)19-26(18-24)22-36)37(27-11-7-6-8-12-27)29-14-9-13-28(34(29)40)33-30(38-4)15-10-16-31(33)39-5/h6-16,24-26,32H,17-23H2,1-5H3/t24?,25?,26?,32-,36?,40+/m0/s1. The van der Waals surface area contributed by atoms with Crippen LogP contribution in [0.1, 0.15) is 65.7 Å². The Labute approximate surface area is 242 Å². The number of rotatable bonds is 6. The first-order chi connectivity index (χ1) is 19.3. The van der Waals surface area contributed by atoms with Gasteiger partial charge in [-0.1, -0.05) is 57.2 Å². The average Bonchev–Trinajstić information content (AvgIpc) is 3.26. The van der Waals surface area contributed by atoms with Gasteiger partial charge in [0.1, 0.15) is 11.5 Å². The first-order valence-electron chi connectivity index (χ1n) is 15.3. The van der Waals surface area contributed by atoms with Gasteiger partial charge in [0.15, 0.2) is 0 Å². The molecule has 3 aromatic rings. The van der Waals surface area contributed by atoms with Crippen LogP contribution in [0.3, 0.4) is 0 Å². The number of nitrogens with zero attached hydrogens (tertiary/aromatic N) is 1. The van der Waals surface area contributed by atoms with Crippen molar-refractivity contribution >= 4 is 24.6 Å². The summed E-state index contributed by atoms with van der Waals surface area (Å²) in [6.45, 7) is 7.46. The second-order valence-corrected chi connectivity index (χ2v) is 17.2. The molecule has 4 fully saturated rings. The van der Waals surface area contributed by atoms with Crippen LogP contribution < -0.4 is 19.7 Å². The van der Waals surface area contributed by atoms with Gasteiger partial charge in [0.05, 0.1) is 31.3 Å². The van der Waals surface area contributed by atoms with Gasteiger partial charge in [0.2, 0.25) is 0 Å². The van der Waals surface area contributed by atoms with Gasteiger partial charge in [-0.25, -0.2) is 0 Å². The molecular formula is C36H44NO2P. The van der Waals surface area contributed by atoms with Crippen molar-refractivity contribution in [3.63, 3.8) is 0 Å². The Hall–Kier alpha value is -2.51. The zero-order chi connectivity index (χ0) is 27.6. The molecule has 4 saturated carbocycles. The molecule has 0 saturated heterocycles. The molecule has 4 heteroatoms. The smallest absolute Gasteiger partial charge is 0.130 e. The third-order valence-corrected chi connectivity index (χ3v) is 13.8. The van der Waals surface area contributed by atoms with Gasteiger partial charge in [0, 0.05) is 11.0 Å². The molecule has 5 aliphatic rings. The lowest BCUT2D eigenvalue weighted by Crippen LogP contribution is -2.48. The highest BCUT2D eigenvalue weighted by Crippen LogP contribution is 2.69. The van der Waals surface area contributed by atoms with Crippen molar-refractivity contribution in [3.8, 4) is 22.6 Å². The molecular weight excluding hydrogens is 509 g/mol. The molecule has 1 heterocycles. The average molecular weight is 554 g/mol. The molecule has 1 aliphatic heterocycles.